The zero-order valence-electron chi connectivity index (χ0n) is 10.3. The minimum Gasteiger partial charge on any atom is -0.329 e. The number of anilines is 1. The molecule has 1 fully saturated rings. The molecule has 4 heteroatoms. The Balaban J connectivity index is 2.14. The molecule has 0 unspecified atom stereocenters. The lowest BCUT2D eigenvalue weighted by molar-refractivity contribution is -0.123. The Kier molecular flexibility index (Phi) is 2.63. The fraction of sp³-hybridized carbons (Fsp3) is 0.500. The molecule has 0 bridgehead atoms. The van der Waals surface area contributed by atoms with Crippen LogP contribution in [0.5, 0.6) is 0 Å². The van der Waals surface area contributed by atoms with E-state index in [0.717, 1.165) is 36.9 Å². The molecule has 3 rings (SSSR count). The van der Waals surface area contributed by atoms with Crippen molar-refractivity contribution in [2.24, 2.45) is 5.73 Å². The molecule has 18 heavy (non-hydrogen) atoms. The van der Waals surface area contributed by atoms with E-state index in [1.165, 1.54) is 12.1 Å². The molecule has 1 aromatic rings. The molecular weight excluding hydrogens is 231 g/mol. The van der Waals surface area contributed by atoms with Crippen LogP contribution in [-0.4, -0.2) is 19.0 Å². The highest BCUT2D eigenvalue weighted by Gasteiger charge is 2.51. The van der Waals surface area contributed by atoms with E-state index in [4.69, 9.17) is 5.73 Å². The molecule has 0 saturated heterocycles. The second kappa shape index (κ2) is 4.05. The Labute approximate surface area is 106 Å². The van der Waals surface area contributed by atoms with Crippen molar-refractivity contribution in [1.82, 2.24) is 0 Å². The lowest BCUT2D eigenvalue weighted by Crippen LogP contribution is -2.40. The first-order valence-electron chi connectivity index (χ1n) is 6.51. The highest BCUT2D eigenvalue weighted by atomic mass is 19.1. The van der Waals surface area contributed by atoms with E-state index in [9.17, 15) is 9.18 Å². The molecule has 1 amide bonds. The summed E-state index contributed by atoms with van der Waals surface area (Å²) < 4.78 is 13.5. The fourth-order valence-corrected chi connectivity index (χ4v) is 3.42. The summed E-state index contributed by atoms with van der Waals surface area (Å²) in [5.41, 5.74) is 6.84. The summed E-state index contributed by atoms with van der Waals surface area (Å²) >= 11 is 0. The predicted molar refractivity (Wildman–Crippen MR) is 68.0 cm³/mol. The van der Waals surface area contributed by atoms with Crippen LogP contribution >= 0.6 is 0 Å². The van der Waals surface area contributed by atoms with Crippen LogP contribution in [0.2, 0.25) is 0 Å². The van der Waals surface area contributed by atoms with Crippen LogP contribution in [0.25, 0.3) is 0 Å². The topological polar surface area (TPSA) is 46.3 Å². The number of halogens is 1. The number of nitrogens with two attached hydrogens (primary N) is 1. The molecule has 0 radical (unpaired) electrons. The minimum absolute atomic E-state index is 0.117. The number of rotatable bonds is 2. The van der Waals surface area contributed by atoms with E-state index in [0.29, 0.717) is 13.1 Å². The summed E-state index contributed by atoms with van der Waals surface area (Å²) in [7, 11) is 0. The number of benzene rings is 1. The van der Waals surface area contributed by atoms with Crippen molar-refractivity contribution < 1.29 is 9.18 Å². The second-order valence-corrected chi connectivity index (χ2v) is 5.20. The van der Waals surface area contributed by atoms with Gasteiger partial charge in [0.05, 0.1) is 5.41 Å². The molecule has 96 valence electrons. The molecule has 0 atom stereocenters. The normalized spacial score (nSPS) is 20.8. The summed E-state index contributed by atoms with van der Waals surface area (Å²) in [6.07, 6.45) is 3.75. The smallest absolute Gasteiger partial charge is 0.237 e. The summed E-state index contributed by atoms with van der Waals surface area (Å²) in [5.74, 6) is -0.145. The summed E-state index contributed by atoms with van der Waals surface area (Å²) in [5, 5.41) is 0. The first-order valence-corrected chi connectivity index (χ1v) is 6.51. The number of amides is 1. The molecule has 1 aliphatic heterocycles. The van der Waals surface area contributed by atoms with Gasteiger partial charge in [0.2, 0.25) is 5.91 Å². The lowest BCUT2D eigenvalue weighted by Gasteiger charge is -2.23. The first kappa shape index (κ1) is 11.7. The van der Waals surface area contributed by atoms with E-state index in [1.54, 1.807) is 11.0 Å². The van der Waals surface area contributed by atoms with Crippen molar-refractivity contribution in [3.8, 4) is 0 Å². The standard InChI is InChI=1S/C14H17FN2O/c15-10-3-4-12-11(9-10)14(5-1-2-6-14)13(18)17(12)8-7-16/h3-4,9H,1-2,5-8,16H2. The van der Waals surface area contributed by atoms with E-state index in [-0.39, 0.29) is 11.7 Å². The van der Waals surface area contributed by atoms with Crippen LogP contribution in [0.15, 0.2) is 18.2 Å². The number of fused-ring (bicyclic) bond motifs is 2. The van der Waals surface area contributed by atoms with Gasteiger partial charge >= 0.3 is 0 Å². The van der Waals surface area contributed by atoms with Crippen LogP contribution in [0.4, 0.5) is 10.1 Å². The monoisotopic (exact) mass is 248 g/mol. The maximum atomic E-state index is 13.5. The maximum Gasteiger partial charge on any atom is 0.237 e. The molecule has 3 nitrogen and oxygen atoms in total. The van der Waals surface area contributed by atoms with E-state index in [1.807, 2.05) is 0 Å². The van der Waals surface area contributed by atoms with Crippen LogP contribution in [0.3, 0.4) is 0 Å². The van der Waals surface area contributed by atoms with E-state index < -0.39 is 5.41 Å². The number of carbonyl (C=O) groups is 1. The molecule has 1 spiro atoms. The van der Waals surface area contributed by atoms with E-state index in [2.05, 4.69) is 0 Å². The van der Waals surface area contributed by atoms with Crippen molar-refractivity contribution in [3.05, 3.63) is 29.6 Å². The average molecular weight is 248 g/mol. The highest BCUT2D eigenvalue weighted by Crippen LogP contribution is 2.51. The molecule has 1 saturated carbocycles. The van der Waals surface area contributed by atoms with Crippen molar-refractivity contribution >= 4 is 11.6 Å². The van der Waals surface area contributed by atoms with Gasteiger partial charge < -0.3 is 10.6 Å². The second-order valence-electron chi connectivity index (χ2n) is 5.20. The third-order valence-corrected chi connectivity index (χ3v) is 4.23. The van der Waals surface area contributed by atoms with E-state index >= 15 is 0 Å². The predicted octanol–water partition coefficient (Wildman–Crippen LogP) is 1.94. The van der Waals surface area contributed by atoms with Crippen LogP contribution in [0.1, 0.15) is 31.2 Å². The molecule has 2 aliphatic rings. The van der Waals surface area contributed by atoms with Gasteiger partial charge in [0.15, 0.2) is 0 Å². The quantitative estimate of drug-likeness (QED) is 0.869. The van der Waals surface area contributed by atoms with Gasteiger partial charge in [-0.05, 0) is 36.6 Å². The molecule has 1 aromatic carbocycles. The van der Waals surface area contributed by atoms with Crippen molar-refractivity contribution in [2.45, 2.75) is 31.1 Å². The van der Waals surface area contributed by atoms with Gasteiger partial charge in [-0.1, -0.05) is 12.8 Å². The van der Waals surface area contributed by atoms with Gasteiger partial charge in [-0.2, -0.15) is 0 Å². The summed E-state index contributed by atoms with van der Waals surface area (Å²) in [6.45, 7) is 0.942. The Bertz CT molecular complexity index is 495. The summed E-state index contributed by atoms with van der Waals surface area (Å²) in [6, 6.07) is 4.67. The Morgan fingerprint density at radius 2 is 2.06 bits per heavy atom. The highest BCUT2D eigenvalue weighted by molar-refractivity contribution is 6.08. The van der Waals surface area contributed by atoms with Gasteiger partial charge in [0.1, 0.15) is 5.82 Å². The minimum atomic E-state index is -0.466. The van der Waals surface area contributed by atoms with Crippen LogP contribution < -0.4 is 10.6 Å². The van der Waals surface area contributed by atoms with Crippen molar-refractivity contribution in [1.29, 1.82) is 0 Å². The fourth-order valence-electron chi connectivity index (χ4n) is 3.42. The lowest BCUT2D eigenvalue weighted by atomic mass is 9.80. The Morgan fingerprint density at radius 1 is 1.33 bits per heavy atom. The van der Waals surface area contributed by atoms with Crippen LogP contribution in [-0.2, 0) is 10.2 Å². The number of carbonyl (C=O) groups excluding carboxylic acids is 1. The third-order valence-electron chi connectivity index (χ3n) is 4.23. The Hall–Kier alpha value is -1.42. The molecular formula is C14H17FN2O. The SMILES string of the molecule is NCCN1C(=O)C2(CCCC2)c2cc(F)ccc21. The number of nitrogens with zero attached hydrogens (tertiary/aromatic N) is 1. The Morgan fingerprint density at radius 3 is 2.72 bits per heavy atom. The van der Waals surface area contributed by atoms with Gasteiger partial charge in [-0.3, -0.25) is 4.79 Å². The number of hydrogen-bond acceptors (Lipinski definition) is 2. The van der Waals surface area contributed by atoms with Gasteiger partial charge in [-0.25, -0.2) is 4.39 Å². The third kappa shape index (κ3) is 1.42. The van der Waals surface area contributed by atoms with Crippen molar-refractivity contribution in [3.63, 3.8) is 0 Å². The van der Waals surface area contributed by atoms with Gasteiger partial charge in [0, 0.05) is 18.8 Å². The zero-order chi connectivity index (χ0) is 12.8. The number of hydrogen-bond donors (Lipinski definition) is 1. The molecule has 1 heterocycles. The summed E-state index contributed by atoms with van der Waals surface area (Å²) in [4.78, 5) is 14.4. The van der Waals surface area contributed by atoms with Gasteiger partial charge in [0.25, 0.3) is 0 Å². The maximum absolute atomic E-state index is 13.5. The first-order chi connectivity index (χ1) is 8.69. The molecule has 2 N–H and O–H groups in total. The van der Waals surface area contributed by atoms with Crippen molar-refractivity contribution in [2.75, 3.05) is 18.0 Å². The zero-order valence-corrected chi connectivity index (χ0v) is 10.3. The van der Waals surface area contributed by atoms with Crippen LogP contribution in [0, 0.1) is 5.82 Å². The molecule has 0 aromatic heterocycles. The largest absolute Gasteiger partial charge is 0.329 e. The van der Waals surface area contributed by atoms with Gasteiger partial charge in [-0.15, -0.1) is 0 Å². The molecule has 1 aliphatic carbocycles. The average Bonchev–Trinajstić information content (AvgIpc) is 2.92.